The van der Waals surface area contributed by atoms with Gasteiger partial charge in [0.1, 0.15) is 18.2 Å². The maximum atomic E-state index is 13.1. The van der Waals surface area contributed by atoms with Gasteiger partial charge in [0.15, 0.2) is 0 Å². The molecule has 25 heavy (non-hydrogen) atoms. The zero-order valence-corrected chi connectivity index (χ0v) is 14.7. The van der Waals surface area contributed by atoms with Crippen LogP contribution in [0.25, 0.3) is 0 Å². The number of ether oxygens (including phenoxy) is 1. The minimum Gasteiger partial charge on any atom is -0.489 e. The fourth-order valence-electron chi connectivity index (χ4n) is 2.77. The summed E-state index contributed by atoms with van der Waals surface area (Å²) in [4.78, 5) is 12.4. The minimum absolute atomic E-state index is 0. The summed E-state index contributed by atoms with van der Waals surface area (Å²) in [7, 11) is 0. The van der Waals surface area contributed by atoms with Crippen molar-refractivity contribution in [2.75, 3.05) is 13.1 Å². The molecule has 0 radical (unpaired) electrons. The van der Waals surface area contributed by atoms with Crippen LogP contribution in [0.15, 0.2) is 48.5 Å². The summed E-state index contributed by atoms with van der Waals surface area (Å²) in [6.45, 7) is 2.11. The predicted octanol–water partition coefficient (Wildman–Crippen LogP) is 3.31. The topological polar surface area (TPSA) is 50.4 Å². The van der Waals surface area contributed by atoms with Crippen molar-refractivity contribution < 1.29 is 13.9 Å². The average Bonchev–Trinajstić information content (AvgIpc) is 2.61. The third-order valence-corrected chi connectivity index (χ3v) is 4.02. The fraction of sp³-hybridized carbons (Fsp3) is 0.316. The number of hydrogen-bond donors (Lipinski definition) is 2. The van der Waals surface area contributed by atoms with Crippen molar-refractivity contribution in [2.24, 2.45) is 0 Å². The van der Waals surface area contributed by atoms with E-state index in [1.807, 2.05) is 18.2 Å². The lowest BCUT2D eigenvalue weighted by Crippen LogP contribution is -2.45. The van der Waals surface area contributed by atoms with E-state index in [0.717, 1.165) is 31.5 Å². The van der Waals surface area contributed by atoms with Crippen LogP contribution < -0.4 is 15.4 Å². The van der Waals surface area contributed by atoms with E-state index in [-0.39, 0.29) is 36.8 Å². The maximum absolute atomic E-state index is 13.1. The molecule has 0 bridgehead atoms. The van der Waals surface area contributed by atoms with Crippen molar-refractivity contribution in [3.05, 3.63) is 65.5 Å². The molecule has 1 heterocycles. The van der Waals surface area contributed by atoms with E-state index in [1.165, 1.54) is 12.1 Å². The van der Waals surface area contributed by atoms with Gasteiger partial charge >= 0.3 is 0 Å². The molecule has 0 spiro atoms. The largest absolute Gasteiger partial charge is 0.489 e. The molecule has 2 aromatic rings. The number of hydrogen-bond acceptors (Lipinski definition) is 3. The molecule has 6 heteroatoms. The highest BCUT2D eigenvalue weighted by molar-refractivity contribution is 5.94. The second-order valence-corrected chi connectivity index (χ2v) is 5.96. The van der Waals surface area contributed by atoms with Gasteiger partial charge in [-0.05, 0) is 49.2 Å². The van der Waals surface area contributed by atoms with Crippen LogP contribution in [0.5, 0.6) is 5.75 Å². The molecule has 0 aliphatic carbocycles. The highest BCUT2D eigenvalue weighted by atomic mass is 35.5. The van der Waals surface area contributed by atoms with Crippen molar-refractivity contribution in [1.82, 2.24) is 10.6 Å². The summed E-state index contributed by atoms with van der Waals surface area (Å²) in [5.41, 5.74) is 1.48. The van der Waals surface area contributed by atoms with Gasteiger partial charge in [0.05, 0.1) is 0 Å². The first kappa shape index (κ1) is 19.2. The van der Waals surface area contributed by atoms with Gasteiger partial charge < -0.3 is 15.4 Å². The molecule has 1 aliphatic heterocycles. The van der Waals surface area contributed by atoms with Crippen molar-refractivity contribution in [3.63, 3.8) is 0 Å². The lowest BCUT2D eigenvalue weighted by molar-refractivity contribution is 0.0930. The lowest BCUT2D eigenvalue weighted by Gasteiger charge is -2.23. The third kappa shape index (κ3) is 5.73. The Labute approximate surface area is 153 Å². The summed E-state index contributed by atoms with van der Waals surface area (Å²) in [6, 6.07) is 13.5. The van der Waals surface area contributed by atoms with E-state index in [1.54, 1.807) is 18.2 Å². The molecule has 0 saturated carbocycles. The zero-order chi connectivity index (χ0) is 16.8. The highest BCUT2D eigenvalue weighted by Gasteiger charge is 2.16. The Balaban J connectivity index is 0.00000225. The Morgan fingerprint density at radius 1 is 1.24 bits per heavy atom. The van der Waals surface area contributed by atoms with Gasteiger partial charge in [-0.15, -0.1) is 12.4 Å². The van der Waals surface area contributed by atoms with E-state index in [4.69, 9.17) is 4.74 Å². The maximum Gasteiger partial charge on any atom is 0.251 e. The predicted molar refractivity (Wildman–Crippen MR) is 97.8 cm³/mol. The molecule has 0 aromatic heterocycles. The monoisotopic (exact) mass is 364 g/mol. The molecule has 1 unspecified atom stereocenters. The smallest absolute Gasteiger partial charge is 0.251 e. The van der Waals surface area contributed by atoms with Crippen LogP contribution in [0.3, 0.4) is 0 Å². The normalized spacial score (nSPS) is 16.6. The van der Waals surface area contributed by atoms with Crippen LogP contribution in [-0.4, -0.2) is 25.0 Å². The molecule has 1 atom stereocenters. The van der Waals surface area contributed by atoms with Gasteiger partial charge in [-0.2, -0.15) is 0 Å². The van der Waals surface area contributed by atoms with Crippen molar-refractivity contribution in [1.29, 1.82) is 0 Å². The van der Waals surface area contributed by atoms with Crippen LogP contribution in [0.4, 0.5) is 4.39 Å². The highest BCUT2D eigenvalue weighted by Crippen LogP contribution is 2.15. The third-order valence-electron chi connectivity index (χ3n) is 4.02. The summed E-state index contributed by atoms with van der Waals surface area (Å²) < 4.78 is 18.7. The van der Waals surface area contributed by atoms with E-state index in [9.17, 15) is 9.18 Å². The van der Waals surface area contributed by atoms with Gasteiger partial charge in [0.2, 0.25) is 0 Å². The molecule has 134 valence electrons. The first-order valence-corrected chi connectivity index (χ1v) is 8.19. The molecule has 3 rings (SSSR count). The van der Waals surface area contributed by atoms with Gasteiger partial charge in [-0.25, -0.2) is 4.39 Å². The van der Waals surface area contributed by atoms with E-state index in [0.29, 0.717) is 11.3 Å². The number of benzene rings is 2. The average molecular weight is 365 g/mol. The second kappa shape index (κ2) is 9.39. The van der Waals surface area contributed by atoms with Crippen molar-refractivity contribution >= 4 is 18.3 Å². The Kier molecular flexibility index (Phi) is 7.22. The van der Waals surface area contributed by atoms with Gasteiger partial charge in [-0.3, -0.25) is 4.79 Å². The zero-order valence-electron chi connectivity index (χ0n) is 13.8. The van der Waals surface area contributed by atoms with Gasteiger partial charge in [0, 0.05) is 24.2 Å². The fourth-order valence-corrected chi connectivity index (χ4v) is 2.77. The summed E-state index contributed by atoms with van der Waals surface area (Å²) >= 11 is 0. The van der Waals surface area contributed by atoms with E-state index in [2.05, 4.69) is 10.6 Å². The number of nitrogens with one attached hydrogen (secondary N) is 2. The lowest BCUT2D eigenvalue weighted by atomic mass is 10.1. The Hall–Kier alpha value is -2.11. The van der Waals surface area contributed by atoms with Crippen LogP contribution in [-0.2, 0) is 6.61 Å². The number of carbonyl (C=O) groups is 1. The number of piperidine rings is 1. The summed E-state index contributed by atoms with van der Waals surface area (Å²) in [5.74, 6) is 0.0659. The molecule has 1 fully saturated rings. The number of amides is 1. The van der Waals surface area contributed by atoms with Gasteiger partial charge in [0.25, 0.3) is 5.91 Å². The molecule has 1 amide bonds. The standard InChI is InChI=1S/C19H21FN2O2.ClH/c20-16-6-2-8-18(11-16)24-13-14-4-1-5-15(10-14)19(23)22-17-7-3-9-21-12-17;/h1-2,4-6,8,10-11,17,21H,3,7,9,12-13H2,(H,22,23);1H. The number of halogens is 2. The molecule has 1 aliphatic rings. The summed E-state index contributed by atoms with van der Waals surface area (Å²) in [6.07, 6.45) is 2.08. The Morgan fingerprint density at radius 3 is 2.84 bits per heavy atom. The van der Waals surface area contributed by atoms with Crippen LogP contribution >= 0.6 is 12.4 Å². The second-order valence-electron chi connectivity index (χ2n) is 5.96. The summed E-state index contributed by atoms with van der Waals surface area (Å²) in [5, 5.41) is 6.33. The molecule has 2 aromatic carbocycles. The SMILES string of the molecule is Cl.O=C(NC1CCCNC1)c1cccc(COc2cccc(F)c2)c1. The van der Waals surface area contributed by atoms with E-state index >= 15 is 0 Å². The van der Waals surface area contributed by atoms with Crippen LogP contribution in [0.2, 0.25) is 0 Å². The van der Waals surface area contributed by atoms with Crippen LogP contribution in [0.1, 0.15) is 28.8 Å². The number of rotatable bonds is 5. The molecule has 1 saturated heterocycles. The Bertz CT molecular complexity index is 705. The van der Waals surface area contributed by atoms with Crippen molar-refractivity contribution in [2.45, 2.75) is 25.5 Å². The molecular formula is C19H22ClFN2O2. The van der Waals surface area contributed by atoms with E-state index < -0.39 is 0 Å². The van der Waals surface area contributed by atoms with Crippen LogP contribution in [0, 0.1) is 5.82 Å². The van der Waals surface area contributed by atoms with Crippen molar-refractivity contribution in [3.8, 4) is 5.75 Å². The minimum atomic E-state index is -0.332. The molecule has 2 N–H and O–H groups in total. The first-order valence-electron chi connectivity index (χ1n) is 8.19. The number of carbonyl (C=O) groups excluding carboxylic acids is 1. The molecular weight excluding hydrogens is 343 g/mol. The Morgan fingerprint density at radius 2 is 2.08 bits per heavy atom. The first-order chi connectivity index (χ1) is 11.7. The quantitative estimate of drug-likeness (QED) is 0.855. The molecule has 4 nitrogen and oxygen atoms in total. The van der Waals surface area contributed by atoms with Gasteiger partial charge in [-0.1, -0.05) is 18.2 Å².